The number of carboxylic acids is 1. The molecule has 90 valence electrons. The minimum Gasteiger partial charge on any atom is -0.481 e. The third kappa shape index (κ3) is 10.1. The van der Waals surface area contributed by atoms with E-state index in [4.69, 9.17) is 10.2 Å². The second-order valence-electron chi connectivity index (χ2n) is 2.43. The molecule has 0 amide bonds. The fourth-order valence-electron chi connectivity index (χ4n) is 0.577. The molecule has 1 aromatic heterocycles. The largest absolute Gasteiger partial charge is 0.481 e. The Hall–Kier alpha value is -1.96. The maximum atomic E-state index is 10.5. The topological polar surface area (TPSA) is 123 Å². The summed E-state index contributed by atoms with van der Waals surface area (Å²) in [6.45, 7) is -0.308. The number of hydrogen-bond acceptors (Lipinski definition) is 7. The van der Waals surface area contributed by atoms with E-state index in [2.05, 4.69) is 19.7 Å². The third-order valence-electron chi connectivity index (χ3n) is 1.18. The quantitative estimate of drug-likeness (QED) is 0.648. The van der Waals surface area contributed by atoms with Crippen molar-refractivity contribution < 1.29 is 29.2 Å². The number of carbonyl (C=O) groups is 2. The Morgan fingerprint density at radius 1 is 1.25 bits per heavy atom. The molecule has 0 spiro atoms. The van der Waals surface area contributed by atoms with E-state index < -0.39 is 11.9 Å². The number of aliphatic hydroxyl groups excluding tert-OH is 1. The molecule has 2 N–H and O–H groups in total. The normalized spacial score (nSPS) is 8.81. The van der Waals surface area contributed by atoms with Gasteiger partial charge in [-0.3, -0.25) is 9.59 Å². The average molecular weight is 232 g/mol. The third-order valence-corrected chi connectivity index (χ3v) is 1.18. The number of aliphatic carboxylic acids is 1. The fourth-order valence-corrected chi connectivity index (χ4v) is 0.577. The van der Waals surface area contributed by atoms with Gasteiger partial charge in [0.05, 0.1) is 31.8 Å². The lowest BCUT2D eigenvalue weighted by Gasteiger charge is -1.99. The number of rotatable bonds is 5. The summed E-state index contributed by atoms with van der Waals surface area (Å²) in [5.41, 5.74) is 0. The second kappa shape index (κ2) is 9.59. The summed E-state index contributed by atoms with van der Waals surface area (Å²) in [6.07, 6.45) is 2.57. The van der Waals surface area contributed by atoms with Gasteiger partial charge in [0, 0.05) is 0 Å². The zero-order valence-corrected chi connectivity index (χ0v) is 8.40. The van der Waals surface area contributed by atoms with Gasteiger partial charge in [-0.2, -0.15) is 0 Å². The molecule has 8 nitrogen and oxygen atoms in total. The average Bonchev–Trinajstić information content (AvgIpc) is 2.81. The highest BCUT2D eigenvalue weighted by atomic mass is 16.6. The summed E-state index contributed by atoms with van der Waals surface area (Å²) in [5.74, 6) is -1.63. The van der Waals surface area contributed by atoms with Gasteiger partial charge in [0.1, 0.15) is 6.61 Å². The van der Waals surface area contributed by atoms with Crippen molar-refractivity contribution in [1.82, 2.24) is 10.3 Å². The molecule has 0 saturated carbocycles. The Bertz CT molecular complexity index is 270. The predicted octanol–water partition coefficient (Wildman–Crippen LogP) is -0.544. The summed E-state index contributed by atoms with van der Waals surface area (Å²) < 4.78 is 8.47. The van der Waals surface area contributed by atoms with Crippen molar-refractivity contribution in [3.05, 3.63) is 12.4 Å². The molecular weight excluding hydrogens is 220 g/mol. The van der Waals surface area contributed by atoms with Gasteiger partial charge >= 0.3 is 11.9 Å². The van der Waals surface area contributed by atoms with Crippen LogP contribution in [0.15, 0.2) is 17.0 Å². The van der Waals surface area contributed by atoms with Gasteiger partial charge in [0.2, 0.25) is 0 Å². The Labute approximate surface area is 90.8 Å². The Balaban J connectivity index is 0.000000368. The highest BCUT2D eigenvalue weighted by Gasteiger charge is 2.05. The van der Waals surface area contributed by atoms with Crippen molar-refractivity contribution in [1.29, 1.82) is 0 Å². The standard InChI is InChI=1S/C6H10O5.C2H2N2O/c7-3-4-11-6(10)2-1-5(8)9;1-2-4-5-3-1/h7H,1-4H2,(H,8,9);1-2H. The van der Waals surface area contributed by atoms with E-state index in [9.17, 15) is 9.59 Å². The van der Waals surface area contributed by atoms with Crippen molar-refractivity contribution in [3.63, 3.8) is 0 Å². The summed E-state index contributed by atoms with van der Waals surface area (Å²) in [4.78, 5) is 20.4. The smallest absolute Gasteiger partial charge is 0.306 e. The molecule has 0 unspecified atom stereocenters. The number of aromatic nitrogens is 2. The van der Waals surface area contributed by atoms with Gasteiger partial charge < -0.3 is 14.9 Å². The van der Waals surface area contributed by atoms with Crippen LogP contribution in [0, 0.1) is 0 Å². The maximum Gasteiger partial charge on any atom is 0.306 e. The van der Waals surface area contributed by atoms with Crippen LogP contribution in [0.2, 0.25) is 0 Å². The lowest BCUT2D eigenvalue weighted by Crippen LogP contribution is -2.10. The first-order valence-corrected chi connectivity index (χ1v) is 4.36. The predicted molar refractivity (Wildman–Crippen MR) is 49.2 cm³/mol. The van der Waals surface area contributed by atoms with Crippen molar-refractivity contribution in [3.8, 4) is 0 Å². The first-order chi connectivity index (χ1) is 7.66. The zero-order valence-electron chi connectivity index (χ0n) is 8.40. The molecule has 1 aromatic rings. The van der Waals surface area contributed by atoms with Crippen LogP contribution in [0.1, 0.15) is 12.8 Å². The number of aliphatic hydroxyl groups is 1. The van der Waals surface area contributed by atoms with E-state index in [1.807, 2.05) is 0 Å². The molecule has 0 bridgehead atoms. The van der Waals surface area contributed by atoms with E-state index in [0.29, 0.717) is 0 Å². The fraction of sp³-hybridized carbons (Fsp3) is 0.500. The second-order valence-corrected chi connectivity index (χ2v) is 2.43. The van der Waals surface area contributed by atoms with Crippen LogP contribution >= 0.6 is 0 Å². The highest BCUT2D eigenvalue weighted by Crippen LogP contribution is 1.91. The van der Waals surface area contributed by atoms with Crippen molar-refractivity contribution in [2.45, 2.75) is 12.8 Å². The minimum absolute atomic E-state index is 0.0710. The molecule has 0 atom stereocenters. The molecule has 8 heteroatoms. The molecule has 0 radical (unpaired) electrons. The van der Waals surface area contributed by atoms with Crippen LogP contribution in [-0.2, 0) is 14.3 Å². The van der Waals surface area contributed by atoms with Crippen molar-refractivity contribution in [2.24, 2.45) is 0 Å². The number of esters is 1. The lowest BCUT2D eigenvalue weighted by molar-refractivity contribution is -0.148. The number of carbonyl (C=O) groups excluding carboxylic acids is 1. The summed E-state index contributed by atoms with van der Waals surface area (Å²) >= 11 is 0. The lowest BCUT2D eigenvalue weighted by atomic mass is 10.3. The minimum atomic E-state index is -1.04. The Morgan fingerprint density at radius 3 is 2.25 bits per heavy atom. The van der Waals surface area contributed by atoms with Crippen LogP contribution < -0.4 is 0 Å². The maximum absolute atomic E-state index is 10.5. The SMILES string of the molecule is O=C(O)CCC(=O)OCCO.c1cnon1. The van der Waals surface area contributed by atoms with E-state index in [0.717, 1.165) is 0 Å². The number of nitrogens with zero attached hydrogens (tertiary/aromatic N) is 2. The van der Waals surface area contributed by atoms with Crippen LogP contribution in [0.3, 0.4) is 0 Å². The molecule has 0 aliphatic rings. The molecule has 0 aliphatic heterocycles. The van der Waals surface area contributed by atoms with E-state index in [1.54, 1.807) is 0 Å². The van der Waals surface area contributed by atoms with E-state index in [-0.39, 0.29) is 26.1 Å². The van der Waals surface area contributed by atoms with Gasteiger partial charge in [-0.15, -0.1) is 0 Å². The summed E-state index contributed by atoms with van der Waals surface area (Å²) in [6, 6.07) is 0. The molecule has 1 heterocycles. The van der Waals surface area contributed by atoms with Crippen LogP contribution in [-0.4, -0.2) is 45.7 Å². The van der Waals surface area contributed by atoms with Crippen LogP contribution in [0.4, 0.5) is 0 Å². The van der Waals surface area contributed by atoms with Crippen LogP contribution in [0.25, 0.3) is 0 Å². The Morgan fingerprint density at radius 2 is 1.88 bits per heavy atom. The molecule has 1 rings (SSSR count). The number of carboxylic acid groups (broad SMARTS) is 1. The van der Waals surface area contributed by atoms with E-state index >= 15 is 0 Å². The van der Waals surface area contributed by atoms with Gasteiger partial charge in [0.15, 0.2) is 0 Å². The molecular formula is C8H12N2O6. The van der Waals surface area contributed by atoms with E-state index in [1.165, 1.54) is 12.4 Å². The monoisotopic (exact) mass is 232 g/mol. The highest BCUT2D eigenvalue weighted by molar-refractivity contribution is 5.76. The number of hydrogen-bond donors (Lipinski definition) is 2. The van der Waals surface area contributed by atoms with Crippen LogP contribution in [0.5, 0.6) is 0 Å². The molecule has 0 saturated heterocycles. The van der Waals surface area contributed by atoms with Crippen molar-refractivity contribution in [2.75, 3.05) is 13.2 Å². The number of ether oxygens (including phenoxy) is 1. The molecule has 0 aliphatic carbocycles. The molecule has 16 heavy (non-hydrogen) atoms. The van der Waals surface area contributed by atoms with Gasteiger partial charge in [0.25, 0.3) is 0 Å². The zero-order chi connectivity index (χ0) is 12.2. The van der Waals surface area contributed by atoms with Gasteiger partial charge in [-0.1, -0.05) is 10.3 Å². The molecule has 0 aromatic carbocycles. The van der Waals surface area contributed by atoms with Crippen molar-refractivity contribution >= 4 is 11.9 Å². The summed E-state index contributed by atoms with van der Waals surface area (Å²) in [5, 5.41) is 22.8. The van der Waals surface area contributed by atoms with Gasteiger partial charge in [-0.25, -0.2) is 4.63 Å². The first-order valence-electron chi connectivity index (χ1n) is 4.36. The summed E-state index contributed by atoms with van der Waals surface area (Å²) in [7, 11) is 0. The van der Waals surface area contributed by atoms with Gasteiger partial charge in [-0.05, 0) is 0 Å². The Kier molecular flexibility index (Phi) is 8.41. The molecule has 0 fully saturated rings. The first kappa shape index (κ1) is 14.0.